The topological polar surface area (TPSA) is 82.4 Å². The Morgan fingerprint density at radius 1 is 1.00 bits per heavy atom. The molecule has 0 amide bonds. The molecular formula is CH2NO4S2-. The third-order valence-corrected chi connectivity index (χ3v) is 4.72. The van der Waals surface area contributed by atoms with Gasteiger partial charge >= 0.3 is 0 Å². The lowest BCUT2D eigenvalue weighted by molar-refractivity contribution is 0.586. The molecule has 0 N–H and O–H groups in total. The predicted octanol–water partition coefficient (Wildman–Crippen LogP) is -1.01. The summed E-state index contributed by atoms with van der Waals surface area (Å²) in [6.45, 7) is 0. The first-order valence-electron chi connectivity index (χ1n) is 1.61. The molecule has 7 heteroatoms. The van der Waals surface area contributed by atoms with Crippen LogP contribution < -0.4 is 0 Å². The van der Waals surface area contributed by atoms with Crippen molar-refractivity contribution >= 4 is 20.0 Å². The molecule has 0 unspecified atom stereocenters. The molecule has 1 rings (SSSR count). The van der Waals surface area contributed by atoms with Crippen LogP contribution in [0.1, 0.15) is 0 Å². The molecule has 48 valence electrons. The zero-order chi connectivity index (χ0) is 6.41. The van der Waals surface area contributed by atoms with Crippen LogP contribution in [0.3, 0.4) is 0 Å². The molecule has 0 atom stereocenters. The molecule has 0 aromatic heterocycles. The minimum atomic E-state index is -3.55. The average Bonchev–Trinajstić information content (AvgIpc) is 1.20. The second-order valence-corrected chi connectivity index (χ2v) is 5.22. The maximum atomic E-state index is 9.96. The highest BCUT2D eigenvalue weighted by atomic mass is 32.3. The van der Waals surface area contributed by atoms with Gasteiger partial charge < -0.3 is 4.13 Å². The third-order valence-electron chi connectivity index (χ3n) is 0.525. The number of sulfonamides is 2. The average molecular weight is 156 g/mol. The fourth-order valence-corrected chi connectivity index (χ4v) is 3.18. The lowest BCUT2D eigenvalue weighted by Gasteiger charge is -2.29. The molecule has 1 aliphatic heterocycles. The molecule has 1 aliphatic rings. The van der Waals surface area contributed by atoms with Crippen LogP contribution in [0.5, 0.6) is 0 Å². The molecule has 1 fully saturated rings. The summed E-state index contributed by atoms with van der Waals surface area (Å²) in [4.78, 5) is 0. The molecule has 0 bridgehead atoms. The molecule has 0 saturated carbocycles. The molecule has 8 heavy (non-hydrogen) atoms. The summed E-state index contributed by atoms with van der Waals surface area (Å²) < 4.78 is 42.3. The Balaban J connectivity index is 3.00. The van der Waals surface area contributed by atoms with Crippen LogP contribution in [0.4, 0.5) is 0 Å². The number of hydrogen-bond donors (Lipinski definition) is 0. The number of rotatable bonds is 0. The van der Waals surface area contributed by atoms with Crippen LogP contribution in [0.15, 0.2) is 0 Å². The fraction of sp³-hybridized carbons (Fsp3) is 1.00. The first-order valence-corrected chi connectivity index (χ1v) is 4.83. The minimum Gasteiger partial charge on any atom is -0.435 e. The van der Waals surface area contributed by atoms with Crippen molar-refractivity contribution in [1.82, 2.24) is 0 Å². The van der Waals surface area contributed by atoms with Gasteiger partial charge in [0, 0.05) is 0 Å². The largest absolute Gasteiger partial charge is 0.435 e. The minimum absolute atomic E-state index is 0.819. The van der Waals surface area contributed by atoms with Crippen molar-refractivity contribution < 1.29 is 16.8 Å². The van der Waals surface area contributed by atoms with E-state index in [1.807, 2.05) is 0 Å². The summed E-state index contributed by atoms with van der Waals surface area (Å²) in [5.74, 6) is 0. The monoisotopic (exact) mass is 156 g/mol. The number of hydrogen-bond acceptors (Lipinski definition) is 4. The summed E-state index contributed by atoms with van der Waals surface area (Å²) in [6, 6.07) is 0. The molecule has 0 aliphatic carbocycles. The normalized spacial score (nSPS) is 31.0. The Bertz CT molecular complexity index is 234. The van der Waals surface area contributed by atoms with Gasteiger partial charge in [0.05, 0.1) is 20.0 Å². The highest BCUT2D eigenvalue weighted by Crippen LogP contribution is 2.24. The second-order valence-electron chi connectivity index (χ2n) is 1.36. The summed E-state index contributed by atoms with van der Waals surface area (Å²) in [5, 5.41) is -0.819. The van der Waals surface area contributed by atoms with Gasteiger partial charge in [-0.05, 0) is 0 Å². The van der Waals surface area contributed by atoms with E-state index in [9.17, 15) is 16.8 Å². The smallest absolute Gasteiger partial charge is 0.119 e. The van der Waals surface area contributed by atoms with E-state index in [0.717, 1.165) is 0 Å². The van der Waals surface area contributed by atoms with Crippen molar-refractivity contribution in [2.24, 2.45) is 0 Å². The van der Waals surface area contributed by atoms with Crippen molar-refractivity contribution in [2.75, 3.05) is 5.08 Å². The Morgan fingerprint density at radius 3 is 1.25 bits per heavy atom. The molecular weight excluding hydrogens is 154 g/mol. The van der Waals surface area contributed by atoms with E-state index in [4.69, 9.17) is 0 Å². The highest BCUT2D eigenvalue weighted by molar-refractivity contribution is 8.27. The highest BCUT2D eigenvalue weighted by Gasteiger charge is 2.22. The van der Waals surface area contributed by atoms with Gasteiger partial charge in [-0.1, -0.05) is 0 Å². The lowest BCUT2D eigenvalue weighted by Crippen LogP contribution is -2.27. The maximum absolute atomic E-state index is 9.96. The fourth-order valence-electron chi connectivity index (χ4n) is 0.353. The van der Waals surface area contributed by atoms with Crippen LogP contribution in [-0.2, 0) is 20.0 Å². The van der Waals surface area contributed by atoms with Crippen LogP contribution in [0.2, 0.25) is 0 Å². The van der Waals surface area contributed by atoms with Gasteiger partial charge in [-0.25, -0.2) is 16.8 Å². The van der Waals surface area contributed by atoms with Crippen molar-refractivity contribution in [3.05, 3.63) is 4.13 Å². The third kappa shape index (κ3) is 0.984. The summed E-state index contributed by atoms with van der Waals surface area (Å²) in [5.41, 5.74) is 0. The second kappa shape index (κ2) is 1.23. The molecule has 0 aromatic rings. The van der Waals surface area contributed by atoms with E-state index in [0.29, 0.717) is 0 Å². The van der Waals surface area contributed by atoms with E-state index < -0.39 is 25.1 Å². The molecule has 0 radical (unpaired) electrons. The van der Waals surface area contributed by atoms with Crippen molar-refractivity contribution in [3.8, 4) is 0 Å². The first kappa shape index (κ1) is 5.99. The van der Waals surface area contributed by atoms with E-state index in [1.54, 1.807) is 0 Å². The first-order chi connectivity index (χ1) is 3.41. The van der Waals surface area contributed by atoms with Gasteiger partial charge in [0.1, 0.15) is 5.08 Å². The Labute approximate surface area is 46.8 Å². The van der Waals surface area contributed by atoms with Gasteiger partial charge in [-0.15, -0.1) is 0 Å². The van der Waals surface area contributed by atoms with E-state index in [2.05, 4.69) is 4.13 Å². The summed E-state index contributed by atoms with van der Waals surface area (Å²) in [6.07, 6.45) is 0. The Hall–Kier alpha value is -0.140. The van der Waals surface area contributed by atoms with Gasteiger partial charge in [0.15, 0.2) is 0 Å². The molecule has 0 spiro atoms. The van der Waals surface area contributed by atoms with E-state index in [-0.39, 0.29) is 0 Å². The van der Waals surface area contributed by atoms with Crippen LogP contribution >= 0.6 is 0 Å². The molecule has 0 aromatic carbocycles. The van der Waals surface area contributed by atoms with Crippen LogP contribution in [0.25, 0.3) is 4.13 Å². The van der Waals surface area contributed by atoms with E-state index in [1.165, 1.54) is 0 Å². The van der Waals surface area contributed by atoms with E-state index >= 15 is 0 Å². The SMILES string of the molecule is O=S1(=O)CS(=O)(=O)[N-]1. The summed E-state index contributed by atoms with van der Waals surface area (Å²) in [7, 11) is -7.10. The van der Waals surface area contributed by atoms with Crippen molar-refractivity contribution in [2.45, 2.75) is 0 Å². The zero-order valence-electron chi connectivity index (χ0n) is 3.60. The zero-order valence-corrected chi connectivity index (χ0v) is 5.24. The predicted molar refractivity (Wildman–Crippen MR) is 26.1 cm³/mol. The Morgan fingerprint density at radius 2 is 1.25 bits per heavy atom. The molecule has 1 heterocycles. The van der Waals surface area contributed by atoms with Crippen LogP contribution in [-0.4, -0.2) is 21.9 Å². The Kier molecular flexibility index (Phi) is 0.918. The van der Waals surface area contributed by atoms with Crippen LogP contribution in [0, 0.1) is 0 Å². The van der Waals surface area contributed by atoms with Gasteiger partial charge in [0.25, 0.3) is 0 Å². The number of nitrogens with zero attached hydrogens (tertiary/aromatic N) is 1. The van der Waals surface area contributed by atoms with Gasteiger partial charge in [-0.2, -0.15) is 0 Å². The molecule has 5 nitrogen and oxygen atoms in total. The quantitative estimate of drug-likeness (QED) is 0.450. The lowest BCUT2D eigenvalue weighted by atomic mass is 11.9. The molecule has 1 saturated heterocycles. The van der Waals surface area contributed by atoms with Crippen molar-refractivity contribution in [3.63, 3.8) is 0 Å². The maximum Gasteiger partial charge on any atom is 0.119 e. The van der Waals surface area contributed by atoms with Gasteiger partial charge in [-0.3, -0.25) is 0 Å². The van der Waals surface area contributed by atoms with Gasteiger partial charge in [0.2, 0.25) is 0 Å². The summed E-state index contributed by atoms with van der Waals surface area (Å²) >= 11 is 0. The van der Waals surface area contributed by atoms with Crippen molar-refractivity contribution in [1.29, 1.82) is 0 Å². The standard InChI is InChI=1S/CH2NO4S2/c3-7(4)1-8(5,6)2-7/h1H2/q-1.